The Labute approximate surface area is 228 Å². The lowest BCUT2D eigenvalue weighted by atomic mass is 9.96. The number of nitrogens with one attached hydrogen (secondary N) is 1. The van der Waals surface area contributed by atoms with E-state index < -0.39 is 51.9 Å². The number of hydrazone groups is 1. The maximum Gasteiger partial charge on any atom is 0.327 e. The zero-order valence-electron chi connectivity index (χ0n) is 21.3. The molecule has 2 unspecified atom stereocenters. The second kappa shape index (κ2) is 10.7. The van der Waals surface area contributed by atoms with Gasteiger partial charge in [0.25, 0.3) is 5.91 Å². The van der Waals surface area contributed by atoms with Crippen LogP contribution in [0.5, 0.6) is 5.75 Å². The quantitative estimate of drug-likeness (QED) is 0.182. The van der Waals surface area contributed by atoms with Crippen molar-refractivity contribution < 1.29 is 29.0 Å². The Kier molecular flexibility index (Phi) is 7.70. The number of benzene rings is 1. The standard InChI is InChI=1S/C25H29N5O6S2/c1-13(31)30(28-17(26)12-14-7-5-8-15(11-14)36-4)19(16-9-6-10-37-16)21(32)27-18-22(33)29-20(24(34)35)25(2,3)38-23(18)29/h5-11,18-20,23H,12H2,1-4H3,(H2,26,28)(H,27,32)(H,34,35)/t18?,19?,20-,23+/m0/s1. The van der Waals surface area contributed by atoms with E-state index in [4.69, 9.17) is 10.5 Å². The highest BCUT2D eigenvalue weighted by molar-refractivity contribution is 8.01. The smallest absolute Gasteiger partial charge is 0.327 e. The molecule has 2 aliphatic heterocycles. The molecule has 1 aromatic carbocycles. The van der Waals surface area contributed by atoms with Gasteiger partial charge in [-0.2, -0.15) is 5.10 Å². The fourth-order valence-electron chi connectivity index (χ4n) is 4.66. The number of carboxylic acid groups (broad SMARTS) is 1. The van der Waals surface area contributed by atoms with Gasteiger partial charge in [0.05, 0.1) is 7.11 Å². The van der Waals surface area contributed by atoms with E-state index in [1.54, 1.807) is 50.6 Å². The molecule has 11 nitrogen and oxygen atoms in total. The Morgan fingerprint density at radius 1 is 1.29 bits per heavy atom. The van der Waals surface area contributed by atoms with Crippen molar-refractivity contribution in [2.75, 3.05) is 7.11 Å². The van der Waals surface area contributed by atoms with Gasteiger partial charge in [0, 0.05) is 23.0 Å². The number of carbonyl (C=O) groups is 4. The molecule has 2 aliphatic rings. The molecule has 0 saturated carbocycles. The van der Waals surface area contributed by atoms with Crippen LogP contribution in [-0.4, -0.2) is 73.9 Å². The monoisotopic (exact) mass is 559 g/mol. The minimum absolute atomic E-state index is 0.103. The zero-order chi connectivity index (χ0) is 27.8. The summed E-state index contributed by atoms with van der Waals surface area (Å²) in [5.74, 6) is -1.96. The predicted molar refractivity (Wildman–Crippen MR) is 144 cm³/mol. The number of nitrogens with two attached hydrogens (primary N) is 1. The van der Waals surface area contributed by atoms with Crippen LogP contribution >= 0.6 is 23.1 Å². The first kappa shape index (κ1) is 27.5. The number of hydrogen-bond acceptors (Lipinski definition) is 8. The molecule has 0 spiro atoms. The largest absolute Gasteiger partial charge is 0.497 e. The first-order valence-electron chi connectivity index (χ1n) is 11.8. The third-order valence-electron chi connectivity index (χ3n) is 6.36. The second-order valence-electron chi connectivity index (χ2n) is 9.49. The van der Waals surface area contributed by atoms with Crippen molar-refractivity contribution in [1.29, 1.82) is 0 Å². The zero-order valence-corrected chi connectivity index (χ0v) is 22.9. The topological polar surface area (TPSA) is 155 Å². The molecule has 4 N–H and O–H groups in total. The molecule has 1 aromatic heterocycles. The maximum atomic E-state index is 13.6. The van der Waals surface area contributed by atoms with Crippen LogP contribution in [0, 0.1) is 0 Å². The molecule has 4 rings (SSSR count). The van der Waals surface area contributed by atoms with Gasteiger partial charge >= 0.3 is 5.97 Å². The van der Waals surface area contributed by atoms with E-state index in [9.17, 15) is 24.3 Å². The number of nitrogens with zero attached hydrogens (tertiary/aromatic N) is 3. The molecule has 202 valence electrons. The predicted octanol–water partition coefficient (Wildman–Crippen LogP) is 1.79. The number of hydrogen-bond donors (Lipinski definition) is 3. The van der Waals surface area contributed by atoms with Crippen molar-refractivity contribution >= 4 is 52.6 Å². The molecule has 2 fully saturated rings. The number of thioether (sulfide) groups is 1. The number of carboxylic acids is 1. The van der Waals surface area contributed by atoms with E-state index in [-0.39, 0.29) is 12.3 Å². The van der Waals surface area contributed by atoms with Crippen molar-refractivity contribution in [3.8, 4) is 5.75 Å². The van der Waals surface area contributed by atoms with Crippen molar-refractivity contribution in [2.45, 2.75) is 55.4 Å². The average Bonchev–Trinajstić information content (AvgIpc) is 3.46. The van der Waals surface area contributed by atoms with Gasteiger partial charge in [0.1, 0.15) is 29.0 Å². The van der Waals surface area contributed by atoms with Crippen LogP contribution in [0.25, 0.3) is 0 Å². The van der Waals surface area contributed by atoms with Crippen LogP contribution in [0.4, 0.5) is 0 Å². The highest BCUT2D eigenvalue weighted by Gasteiger charge is 2.64. The van der Waals surface area contributed by atoms with Crippen LogP contribution in [0.1, 0.15) is 37.3 Å². The second-order valence-corrected chi connectivity index (χ2v) is 12.2. The number of ether oxygens (including phenoxy) is 1. The summed E-state index contributed by atoms with van der Waals surface area (Å²) in [6.45, 7) is 4.79. The third-order valence-corrected chi connectivity index (χ3v) is 8.85. The lowest BCUT2D eigenvalue weighted by Gasteiger charge is -2.44. The van der Waals surface area contributed by atoms with Gasteiger partial charge in [-0.05, 0) is 43.0 Å². The van der Waals surface area contributed by atoms with E-state index in [0.29, 0.717) is 10.6 Å². The SMILES string of the molecule is COc1cccc(CC(N)=NN(C(C)=O)C(C(=O)NC2C(=O)N3[C@@H]2SC(C)(C)[C@@H]3C(=O)O)c2cccs2)c1. The lowest BCUT2D eigenvalue weighted by molar-refractivity contribution is -0.161. The molecular formula is C25H29N5O6S2. The Balaban J connectivity index is 1.58. The van der Waals surface area contributed by atoms with Crippen LogP contribution in [0.2, 0.25) is 0 Å². The van der Waals surface area contributed by atoms with Crippen molar-refractivity contribution in [3.63, 3.8) is 0 Å². The summed E-state index contributed by atoms with van der Waals surface area (Å²) in [5, 5.41) is 18.9. The minimum atomic E-state index is -1.17. The number of rotatable bonds is 9. The summed E-state index contributed by atoms with van der Waals surface area (Å²) < 4.78 is 4.50. The third kappa shape index (κ3) is 5.20. The van der Waals surface area contributed by atoms with Crippen molar-refractivity contribution in [1.82, 2.24) is 15.2 Å². The highest BCUT2D eigenvalue weighted by Crippen LogP contribution is 2.50. The number of fused-ring (bicyclic) bond motifs is 1. The maximum absolute atomic E-state index is 13.6. The molecule has 38 heavy (non-hydrogen) atoms. The van der Waals surface area contributed by atoms with Crippen LogP contribution < -0.4 is 15.8 Å². The average molecular weight is 560 g/mol. The van der Waals surface area contributed by atoms with Crippen molar-refractivity contribution in [3.05, 3.63) is 52.2 Å². The van der Waals surface area contributed by atoms with Crippen LogP contribution in [0.15, 0.2) is 46.9 Å². The first-order valence-corrected chi connectivity index (χ1v) is 13.5. The summed E-state index contributed by atoms with van der Waals surface area (Å²) >= 11 is 2.58. The Morgan fingerprint density at radius 3 is 2.63 bits per heavy atom. The Morgan fingerprint density at radius 2 is 2.03 bits per heavy atom. The summed E-state index contributed by atoms with van der Waals surface area (Å²) in [6.07, 6.45) is 0.209. The summed E-state index contributed by atoms with van der Waals surface area (Å²) in [7, 11) is 1.55. The lowest BCUT2D eigenvalue weighted by Crippen LogP contribution is -2.71. The highest BCUT2D eigenvalue weighted by atomic mass is 32.2. The fourth-order valence-corrected chi connectivity index (χ4v) is 7.09. The van der Waals surface area contributed by atoms with Gasteiger partial charge < -0.3 is 25.8 Å². The number of amides is 3. The van der Waals surface area contributed by atoms with Gasteiger partial charge in [0.2, 0.25) is 11.8 Å². The molecule has 2 saturated heterocycles. The number of amidine groups is 1. The molecule has 0 radical (unpaired) electrons. The molecule has 3 heterocycles. The van der Waals surface area contributed by atoms with E-state index in [0.717, 1.165) is 10.6 Å². The molecule has 0 aliphatic carbocycles. The van der Waals surface area contributed by atoms with Crippen LogP contribution in [0.3, 0.4) is 0 Å². The van der Waals surface area contributed by atoms with E-state index >= 15 is 0 Å². The molecule has 4 atom stereocenters. The Hall–Kier alpha value is -3.58. The molecule has 13 heteroatoms. The van der Waals surface area contributed by atoms with Crippen LogP contribution in [-0.2, 0) is 25.6 Å². The number of methoxy groups -OCH3 is 1. The number of thiophene rings is 1. The number of carbonyl (C=O) groups excluding carboxylic acids is 3. The molecular weight excluding hydrogens is 530 g/mol. The van der Waals surface area contributed by atoms with E-state index in [1.807, 2.05) is 12.1 Å². The Bertz CT molecular complexity index is 1280. The molecule has 0 bridgehead atoms. The van der Waals surface area contributed by atoms with Gasteiger partial charge in [-0.15, -0.1) is 23.1 Å². The van der Waals surface area contributed by atoms with Gasteiger partial charge in [-0.3, -0.25) is 14.4 Å². The minimum Gasteiger partial charge on any atom is -0.497 e. The van der Waals surface area contributed by atoms with Gasteiger partial charge in [0.15, 0.2) is 6.04 Å². The molecule has 2 aromatic rings. The number of aliphatic carboxylic acids is 1. The summed E-state index contributed by atoms with van der Waals surface area (Å²) in [4.78, 5) is 52.9. The first-order chi connectivity index (χ1) is 17.9. The number of β-lactam (4-membered cyclic amide) rings is 1. The summed E-state index contributed by atoms with van der Waals surface area (Å²) in [6, 6.07) is 7.57. The molecule has 3 amide bonds. The fraction of sp³-hybridized carbons (Fsp3) is 0.400. The van der Waals surface area contributed by atoms with E-state index in [2.05, 4.69) is 10.4 Å². The van der Waals surface area contributed by atoms with Gasteiger partial charge in [-0.25, -0.2) is 9.80 Å². The van der Waals surface area contributed by atoms with Crippen molar-refractivity contribution in [2.24, 2.45) is 10.8 Å². The summed E-state index contributed by atoms with van der Waals surface area (Å²) in [5.41, 5.74) is 7.00. The van der Waals surface area contributed by atoms with Gasteiger partial charge in [-0.1, -0.05) is 18.2 Å². The normalized spacial score (nSPS) is 22.7. The van der Waals surface area contributed by atoms with E-state index in [1.165, 1.54) is 34.9 Å².